The van der Waals surface area contributed by atoms with Crippen LogP contribution in [0.25, 0.3) is 11.1 Å². The Bertz CT molecular complexity index is 1220. The largest absolute Gasteiger partial charge is 0.288 e. The van der Waals surface area contributed by atoms with Crippen LogP contribution >= 0.6 is 0 Å². The number of benzene rings is 3. The van der Waals surface area contributed by atoms with Crippen LogP contribution in [-0.4, -0.2) is 26.2 Å². The van der Waals surface area contributed by atoms with Gasteiger partial charge in [0.05, 0.1) is 16.5 Å². The van der Waals surface area contributed by atoms with E-state index in [9.17, 15) is 18.7 Å². The van der Waals surface area contributed by atoms with Gasteiger partial charge in [0.25, 0.3) is 5.91 Å². The first-order chi connectivity index (χ1) is 15.0. The molecule has 1 atom stereocenters. The summed E-state index contributed by atoms with van der Waals surface area (Å²) < 4.78 is 28.3. The van der Waals surface area contributed by atoms with E-state index >= 15 is 0 Å². The van der Waals surface area contributed by atoms with Gasteiger partial charge < -0.3 is 0 Å². The number of fused-ring (bicyclic) bond motifs is 1. The maximum atomic E-state index is 13.3. The van der Waals surface area contributed by atoms with Gasteiger partial charge in [0.2, 0.25) is 0 Å². The number of hydroxylamine groups is 1. The van der Waals surface area contributed by atoms with Crippen LogP contribution in [0.5, 0.6) is 0 Å². The molecule has 1 unspecified atom stereocenters. The molecule has 1 amide bonds. The average molecular weight is 435 g/mol. The third kappa shape index (κ3) is 4.25. The Morgan fingerprint density at radius 3 is 2.61 bits per heavy atom. The average Bonchev–Trinajstić information content (AvgIpc) is 2.82. The minimum absolute atomic E-state index is 0.208. The van der Waals surface area contributed by atoms with Crippen molar-refractivity contribution in [3.63, 3.8) is 0 Å². The number of hydrogen-bond donors (Lipinski definition) is 2. The van der Waals surface area contributed by atoms with Crippen LogP contribution in [0.4, 0.5) is 4.39 Å². The van der Waals surface area contributed by atoms with Crippen LogP contribution in [0, 0.1) is 17.1 Å². The van der Waals surface area contributed by atoms with Crippen molar-refractivity contribution >= 4 is 16.9 Å². The van der Waals surface area contributed by atoms with E-state index in [1.165, 1.54) is 18.2 Å². The van der Waals surface area contributed by atoms with Crippen LogP contribution in [0.1, 0.15) is 27.0 Å². The summed E-state index contributed by atoms with van der Waals surface area (Å²) in [5.41, 5.74) is 5.32. The normalized spacial score (nSPS) is 14.4. The number of nitrogens with zero attached hydrogens (tertiary/aromatic N) is 2. The highest BCUT2D eigenvalue weighted by Crippen LogP contribution is 2.28. The summed E-state index contributed by atoms with van der Waals surface area (Å²) >= 11 is 0. The molecule has 1 heterocycles. The number of amides is 1. The fraction of sp³-hybridized carbons (Fsp3) is 0.130. The smallest absolute Gasteiger partial charge is 0.274 e. The maximum absolute atomic E-state index is 13.3. The molecule has 1 aliphatic rings. The first-order valence-electron chi connectivity index (χ1n) is 9.53. The van der Waals surface area contributed by atoms with Gasteiger partial charge in [0, 0.05) is 18.7 Å². The van der Waals surface area contributed by atoms with E-state index in [0.29, 0.717) is 30.0 Å². The third-order valence-corrected chi connectivity index (χ3v) is 6.68. The Labute approximate surface area is 181 Å². The quantitative estimate of drug-likeness (QED) is 0.484. The summed E-state index contributed by atoms with van der Waals surface area (Å²) in [6, 6.07) is 18.6. The van der Waals surface area contributed by atoms with E-state index in [1.807, 2.05) is 18.2 Å². The molecule has 3 aromatic rings. The number of halogens is 1. The second kappa shape index (κ2) is 8.78. The van der Waals surface area contributed by atoms with E-state index in [0.717, 1.165) is 22.3 Å². The predicted octanol–water partition coefficient (Wildman–Crippen LogP) is 3.56. The molecular weight excluding hydrogens is 417 g/mol. The zero-order valence-corrected chi connectivity index (χ0v) is 17.2. The molecule has 2 N–H and O–H groups in total. The monoisotopic (exact) mass is 435 g/mol. The summed E-state index contributed by atoms with van der Waals surface area (Å²) in [6.45, 7) is 0.780. The lowest BCUT2D eigenvalue weighted by molar-refractivity contribution is 0.0706. The molecule has 0 bridgehead atoms. The van der Waals surface area contributed by atoms with Crippen molar-refractivity contribution in [2.24, 2.45) is 0 Å². The van der Waals surface area contributed by atoms with Crippen LogP contribution in [0.15, 0.2) is 65.6 Å². The van der Waals surface area contributed by atoms with Crippen molar-refractivity contribution in [3.8, 4) is 17.2 Å². The van der Waals surface area contributed by atoms with Gasteiger partial charge in [0.15, 0.2) is 0 Å². The van der Waals surface area contributed by atoms with Crippen LogP contribution < -0.4 is 5.48 Å². The lowest BCUT2D eigenvalue weighted by atomic mass is 9.93. The van der Waals surface area contributed by atoms with E-state index in [4.69, 9.17) is 5.21 Å². The predicted molar refractivity (Wildman–Crippen MR) is 113 cm³/mol. The van der Waals surface area contributed by atoms with Gasteiger partial charge in [-0.05, 0) is 65.1 Å². The number of carbonyl (C=O) groups is 1. The van der Waals surface area contributed by atoms with Crippen molar-refractivity contribution in [1.82, 2.24) is 9.79 Å². The molecule has 0 fully saturated rings. The fourth-order valence-electron chi connectivity index (χ4n) is 3.66. The minimum atomic E-state index is -1.46. The second-order valence-electron chi connectivity index (χ2n) is 7.11. The van der Waals surface area contributed by atoms with Gasteiger partial charge in [0.1, 0.15) is 16.8 Å². The fourth-order valence-corrected chi connectivity index (χ4v) is 4.88. The van der Waals surface area contributed by atoms with Crippen molar-refractivity contribution in [2.45, 2.75) is 17.9 Å². The van der Waals surface area contributed by atoms with Gasteiger partial charge >= 0.3 is 0 Å². The minimum Gasteiger partial charge on any atom is -0.288 e. The van der Waals surface area contributed by atoms with Gasteiger partial charge in [-0.15, -0.1) is 0 Å². The van der Waals surface area contributed by atoms with Gasteiger partial charge in [-0.25, -0.2) is 18.4 Å². The molecular formula is C23H18FN3O3S. The zero-order valence-electron chi connectivity index (χ0n) is 16.3. The highest BCUT2D eigenvalue weighted by molar-refractivity contribution is 7.82. The van der Waals surface area contributed by atoms with Gasteiger partial charge in [-0.2, -0.15) is 5.26 Å². The summed E-state index contributed by atoms with van der Waals surface area (Å²) in [5.74, 6) is -0.994. The highest BCUT2D eigenvalue weighted by Gasteiger charge is 2.25. The molecule has 0 aliphatic carbocycles. The molecule has 156 valence electrons. The first-order valence-corrected chi connectivity index (χ1v) is 10.6. The van der Waals surface area contributed by atoms with Crippen LogP contribution in [0.2, 0.25) is 0 Å². The number of hydrogen-bond acceptors (Lipinski definition) is 4. The van der Waals surface area contributed by atoms with E-state index in [1.54, 1.807) is 34.1 Å². The number of nitriles is 1. The molecule has 0 saturated carbocycles. The highest BCUT2D eigenvalue weighted by atomic mass is 32.2. The molecule has 0 saturated heterocycles. The molecule has 3 aromatic carbocycles. The van der Waals surface area contributed by atoms with Crippen molar-refractivity contribution < 1.29 is 18.6 Å². The van der Waals surface area contributed by atoms with Gasteiger partial charge in [-0.3, -0.25) is 10.0 Å². The molecule has 4 rings (SSSR count). The summed E-state index contributed by atoms with van der Waals surface area (Å²) in [4.78, 5) is 12.4. The third-order valence-electron chi connectivity index (χ3n) is 5.24. The second-order valence-corrected chi connectivity index (χ2v) is 8.60. The summed E-state index contributed by atoms with van der Waals surface area (Å²) in [5, 5.41) is 18.4. The standard InChI is InChI=1S/C23H18FN3O3S/c24-20-6-4-15(5-7-20)16-2-1-3-21(12-16)31(30)27-9-8-17-10-18(23(28)26-29)11-19(13-25)22(17)14-27/h1-7,10-12,29H,8-9,14H2,(H,26,28). The summed E-state index contributed by atoms with van der Waals surface area (Å²) in [7, 11) is -1.46. The van der Waals surface area contributed by atoms with Crippen LogP contribution in [-0.2, 0) is 24.0 Å². The molecule has 0 radical (unpaired) electrons. The lowest BCUT2D eigenvalue weighted by Gasteiger charge is -2.28. The molecule has 31 heavy (non-hydrogen) atoms. The number of rotatable bonds is 4. The Hall–Kier alpha value is -3.38. The molecule has 0 spiro atoms. The van der Waals surface area contributed by atoms with E-state index in [2.05, 4.69) is 6.07 Å². The molecule has 0 aromatic heterocycles. The van der Waals surface area contributed by atoms with E-state index < -0.39 is 16.9 Å². The first kappa shape index (κ1) is 20.9. The van der Waals surface area contributed by atoms with Crippen molar-refractivity contribution in [1.29, 1.82) is 5.26 Å². The van der Waals surface area contributed by atoms with E-state index in [-0.39, 0.29) is 11.4 Å². The SMILES string of the molecule is N#Cc1cc(C(=O)NO)cc2c1CN(S(=O)c1cccc(-c3ccc(F)cc3)c1)CC2. The zero-order chi connectivity index (χ0) is 22.0. The molecule has 1 aliphatic heterocycles. The Kier molecular flexibility index (Phi) is 5.91. The Morgan fingerprint density at radius 2 is 1.90 bits per heavy atom. The van der Waals surface area contributed by atoms with Crippen LogP contribution in [0.3, 0.4) is 0 Å². The Balaban J connectivity index is 1.61. The number of nitrogens with one attached hydrogen (secondary N) is 1. The maximum Gasteiger partial charge on any atom is 0.274 e. The number of carbonyl (C=O) groups excluding carboxylic acids is 1. The summed E-state index contributed by atoms with van der Waals surface area (Å²) in [6.07, 6.45) is 0.514. The van der Waals surface area contributed by atoms with Gasteiger partial charge in [-0.1, -0.05) is 24.3 Å². The topological polar surface area (TPSA) is 93.4 Å². The lowest BCUT2D eigenvalue weighted by Crippen LogP contribution is -2.33. The molecule has 8 heteroatoms. The Morgan fingerprint density at radius 1 is 1.13 bits per heavy atom. The van der Waals surface area contributed by atoms with Crippen molar-refractivity contribution in [2.75, 3.05) is 6.54 Å². The molecule has 6 nitrogen and oxygen atoms in total. The van der Waals surface area contributed by atoms with Crippen molar-refractivity contribution in [3.05, 3.63) is 88.7 Å².